The van der Waals surface area contributed by atoms with Crippen molar-refractivity contribution in [3.05, 3.63) is 35.9 Å². The van der Waals surface area contributed by atoms with Crippen LogP contribution in [-0.2, 0) is 39.9 Å². The molecule has 0 saturated carbocycles. The number of hydrogen-bond donors (Lipinski definition) is 0. The Morgan fingerprint density at radius 3 is 2.52 bits per heavy atom. The van der Waals surface area contributed by atoms with Crippen molar-refractivity contribution in [3.63, 3.8) is 0 Å². The normalized spacial score (nSPS) is 17.4. The molecular weight excluding hydrogens is 358 g/mol. The van der Waals surface area contributed by atoms with Gasteiger partial charge >= 0.3 is 18.0 Å². The van der Waals surface area contributed by atoms with E-state index in [4.69, 9.17) is 14.2 Å². The highest BCUT2D eigenvalue weighted by molar-refractivity contribution is 5.75. The Bertz CT molecular complexity index is 677. The molecule has 0 unspecified atom stereocenters. The molecule has 146 valence electrons. The lowest BCUT2D eigenvalue weighted by molar-refractivity contribution is -0.170. The topological polar surface area (TPSA) is 108 Å². The van der Waals surface area contributed by atoms with Gasteiger partial charge in [-0.3, -0.25) is 14.5 Å². The van der Waals surface area contributed by atoms with Crippen molar-refractivity contribution in [2.45, 2.75) is 31.8 Å². The number of carbonyl (C=O) groups excluding carboxylic acids is 4. The van der Waals surface area contributed by atoms with Gasteiger partial charge in [0.1, 0.15) is 13.2 Å². The quantitative estimate of drug-likeness (QED) is 0.267. The van der Waals surface area contributed by atoms with Gasteiger partial charge in [-0.1, -0.05) is 30.3 Å². The molecule has 1 aliphatic heterocycles. The molecule has 0 radical (unpaired) electrons. The van der Waals surface area contributed by atoms with Crippen LogP contribution in [0.3, 0.4) is 0 Å². The monoisotopic (exact) mass is 379 g/mol. The molecule has 1 fully saturated rings. The Morgan fingerprint density at radius 1 is 1.22 bits per heavy atom. The van der Waals surface area contributed by atoms with Crippen molar-refractivity contribution < 1.29 is 38.1 Å². The highest BCUT2D eigenvalue weighted by Gasteiger charge is 2.51. The van der Waals surface area contributed by atoms with E-state index in [1.54, 1.807) is 0 Å². The zero-order valence-electron chi connectivity index (χ0n) is 15.0. The summed E-state index contributed by atoms with van der Waals surface area (Å²) in [5.74, 6) is -1.45. The summed E-state index contributed by atoms with van der Waals surface area (Å²) in [5, 5.41) is 0. The standard InChI is InChI=1S/C18H21NO8/c1-12(21)26-15(9-20)17(27-16(22)11-24-2)14-8-19(14)18(23)25-10-13-6-4-3-5-7-13/h3-7,9,14-15,17H,8,10-11H2,1-2H3/t14-,15+,17+,19?/m0/s1. The van der Waals surface area contributed by atoms with E-state index in [9.17, 15) is 19.2 Å². The van der Waals surface area contributed by atoms with E-state index < -0.39 is 36.3 Å². The number of ether oxygens (including phenoxy) is 4. The van der Waals surface area contributed by atoms with Gasteiger partial charge in [0.25, 0.3) is 0 Å². The number of benzene rings is 1. The Kier molecular flexibility index (Phi) is 7.30. The van der Waals surface area contributed by atoms with E-state index in [0.29, 0.717) is 6.29 Å². The lowest BCUT2D eigenvalue weighted by atomic mass is 10.1. The second-order valence-corrected chi connectivity index (χ2v) is 5.86. The highest BCUT2D eigenvalue weighted by Crippen LogP contribution is 2.27. The molecule has 0 aromatic heterocycles. The summed E-state index contributed by atoms with van der Waals surface area (Å²) in [6.45, 7) is 1.07. The Hall–Kier alpha value is -2.94. The summed E-state index contributed by atoms with van der Waals surface area (Å²) in [4.78, 5) is 47.7. The van der Waals surface area contributed by atoms with Gasteiger partial charge in [-0.2, -0.15) is 0 Å². The molecule has 9 nitrogen and oxygen atoms in total. The van der Waals surface area contributed by atoms with E-state index in [-0.39, 0.29) is 19.8 Å². The van der Waals surface area contributed by atoms with Crippen LogP contribution in [0.15, 0.2) is 30.3 Å². The average Bonchev–Trinajstić information content (AvgIpc) is 3.44. The van der Waals surface area contributed by atoms with Crippen molar-refractivity contribution in [2.24, 2.45) is 0 Å². The summed E-state index contributed by atoms with van der Waals surface area (Å²) in [5.41, 5.74) is 0.818. The second kappa shape index (κ2) is 9.67. The Morgan fingerprint density at radius 2 is 1.93 bits per heavy atom. The summed E-state index contributed by atoms with van der Waals surface area (Å²) < 4.78 is 20.0. The molecule has 3 atom stereocenters. The molecule has 1 amide bonds. The first-order valence-corrected chi connectivity index (χ1v) is 8.24. The fourth-order valence-electron chi connectivity index (χ4n) is 2.48. The lowest BCUT2D eigenvalue weighted by Crippen LogP contribution is -2.42. The first-order valence-electron chi connectivity index (χ1n) is 8.24. The number of aldehydes is 1. The third kappa shape index (κ3) is 6.07. The van der Waals surface area contributed by atoms with Crippen LogP contribution < -0.4 is 0 Å². The number of carbonyl (C=O) groups is 4. The predicted octanol–water partition coefficient (Wildman–Crippen LogP) is 0.696. The lowest BCUT2D eigenvalue weighted by Gasteiger charge is -2.22. The smallest absolute Gasteiger partial charge is 0.410 e. The van der Waals surface area contributed by atoms with E-state index in [0.717, 1.165) is 12.5 Å². The third-order valence-corrected chi connectivity index (χ3v) is 3.76. The summed E-state index contributed by atoms with van der Waals surface area (Å²) in [7, 11) is 1.31. The molecule has 0 spiro atoms. The molecule has 1 heterocycles. The van der Waals surface area contributed by atoms with Crippen LogP contribution in [0.25, 0.3) is 0 Å². The molecule has 1 saturated heterocycles. The van der Waals surface area contributed by atoms with Crippen molar-refractivity contribution in [2.75, 3.05) is 20.3 Å². The van der Waals surface area contributed by atoms with Crippen molar-refractivity contribution in [3.8, 4) is 0 Å². The van der Waals surface area contributed by atoms with Gasteiger partial charge in [0.05, 0.1) is 6.04 Å². The molecular formula is C18H21NO8. The SMILES string of the molecule is COCC(=O)O[C@@H]([C@@H](C=O)OC(C)=O)[C@@H]1CN1C(=O)OCc1ccccc1. The maximum Gasteiger partial charge on any atom is 0.410 e. The van der Waals surface area contributed by atoms with E-state index in [1.165, 1.54) is 12.0 Å². The van der Waals surface area contributed by atoms with Crippen LogP contribution in [0.5, 0.6) is 0 Å². The fourth-order valence-corrected chi connectivity index (χ4v) is 2.48. The van der Waals surface area contributed by atoms with Crippen LogP contribution in [0.1, 0.15) is 12.5 Å². The maximum absolute atomic E-state index is 12.2. The van der Waals surface area contributed by atoms with Crippen LogP contribution in [0, 0.1) is 0 Å². The molecule has 9 heteroatoms. The zero-order valence-corrected chi connectivity index (χ0v) is 15.0. The van der Waals surface area contributed by atoms with Crippen LogP contribution in [0.4, 0.5) is 4.79 Å². The van der Waals surface area contributed by atoms with Gasteiger partial charge in [0.2, 0.25) is 0 Å². The van der Waals surface area contributed by atoms with Gasteiger partial charge in [-0.25, -0.2) is 9.59 Å². The molecule has 2 rings (SSSR count). The number of nitrogens with zero attached hydrogens (tertiary/aromatic N) is 1. The fraction of sp³-hybridized carbons (Fsp3) is 0.444. The van der Waals surface area contributed by atoms with Crippen molar-refractivity contribution >= 4 is 24.3 Å². The first-order chi connectivity index (χ1) is 13.0. The number of hydrogen-bond acceptors (Lipinski definition) is 8. The minimum atomic E-state index is -1.33. The molecule has 1 aliphatic rings. The number of esters is 2. The predicted molar refractivity (Wildman–Crippen MR) is 90.5 cm³/mol. The van der Waals surface area contributed by atoms with E-state index in [2.05, 4.69) is 4.74 Å². The average molecular weight is 379 g/mol. The Labute approximate surface area is 156 Å². The van der Waals surface area contributed by atoms with Crippen molar-refractivity contribution in [1.29, 1.82) is 0 Å². The minimum absolute atomic E-state index is 0.0814. The minimum Gasteiger partial charge on any atom is -0.454 e. The van der Waals surface area contributed by atoms with Crippen LogP contribution >= 0.6 is 0 Å². The van der Waals surface area contributed by atoms with Gasteiger partial charge < -0.3 is 18.9 Å². The van der Waals surface area contributed by atoms with Gasteiger partial charge in [0.15, 0.2) is 18.5 Å². The Balaban J connectivity index is 1.98. The van der Waals surface area contributed by atoms with Crippen LogP contribution in [-0.4, -0.2) is 67.7 Å². The second-order valence-electron chi connectivity index (χ2n) is 5.86. The summed E-state index contributed by atoms with van der Waals surface area (Å²) in [6.07, 6.45) is -2.74. The van der Waals surface area contributed by atoms with Crippen LogP contribution in [0.2, 0.25) is 0 Å². The van der Waals surface area contributed by atoms with Gasteiger partial charge in [0, 0.05) is 20.6 Å². The number of rotatable bonds is 9. The van der Waals surface area contributed by atoms with Crippen molar-refractivity contribution in [1.82, 2.24) is 4.90 Å². The number of amides is 1. The molecule has 0 bridgehead atoms. The molecule has 1 aromatic rings. The molecule has 27 heavy (non-hydrogen) atoms. The van der Waals surface area contributed by atoms with E-state index in [1.807, 2.05) is 30.3 Å². The first kappa shape index (κ1) is 20.4. The van der Waals surface area contributed by atoms with Gasteiger partial charge in [-0.05, 0) is 5.56 Å². The van der Waals surface area contributed by atoms with E-state index >= 15 is 0 Å². The summed E-state index contributed by atoms with van der Waals surface area (Å²) >= 11 is 0. The molecule has 0 aliphatic carbocycles. The molecule has 0 N–H and O–H groups in total. The van der Waals surface area contributed by atoms with Gasteiger partial charge in [-0.15, -0.1) is 0 Å². The largest absolute Gasteiger partial charge is 0.454 e. The third-order valence-electron chi connectivity index (χ3n) is 3.76. The summed E-state index contributed by atoms with van der Waals surface area (Å²) in [6, 6.07) is 8.48. The highest BCUT2D eigenvalue weighted by atomic mass is 16.6. The molecule has 1 aromatic carbocycles. The zero-order chi connectivity index (χ0) is 19.8. The number of methoxy groups -OCH3 is 1. The maximum atomic E-state index is 12.2.